The highest BCUT2D eigenvalue weighted by molar-refractivity contribution is 5.94. The third kappa shape index (κ3) is 2.01. The van der Waals surface area contributed by atoms with E-state index in [1.165, 1.54) is 4.90 Å². The van der Waals surface area contributed by atoms with Crippen LogP contribution in [0.15, 0.2) is 23.0 Å². The molecule has 5 heteroatoms. The Morgan fingerprint density at radius 3 is 3.07 bits per heavy atom. The number of amides is 2. The molecule has 1 aromatic heterocycles. The van der Waals surface area contributed by atoms with Gasteiger partial charge in [-0.2, -0.15) is 0 Å². The van der Waals surface area contributed by atoms with E-state index >= 15 is 0 Å². The second kappa shape index (κ2) is 3.76. The van der Waals surface area contributed by atoms with E-state index in [0.29, 0.717) is 6.54 Å². The Bertz CT molecular complexity index is 372. The number of hydrogen-bond acceptors (Lipinski definition) is 3. The molecule has 0 aromatic carbocycles. The average Bonchev–Trinajstić information content (AvgIpc) is 2.66. The summed E-state index contributed by atoms with van der Waals surface area (Å²) in [7, 11) is 0. The van der Waals surface area contributed by atoms with Gasteiger partial charge in [-0.25, -0.2) is 0 Å². The fourth-order valence-electron chi connectivity index (χ4n) is 1.61. The van der Waals surface area contributed by atoms with Crippen molar-refractivity contribution in [2.45, 2.75) is 19.5 Å². The molecule has 1 aliphatic heterocycles. The highest BCUT2D eigenvalue weighted by Crippen LogP contribution is 2.09. The zero-order valence-electron chi connectivity index (χ0n) is 8.40. The van der Waals surface area contributed by atoms with E-state index in [0.717, 1.165) is 5.56 Å². The molecule has 1 atom stereocenters. The molecular formula is C10H12N2O3. The van der Waals surface area contributed by atoms with E-state index in [1.54, 1.807) is 25.5 Å². The van der Waals surface area contributed by atoms with Crippen LogP contribution in [-0.2, 0) is 16.1 Å². The van der Waals surface area contributed by atoms with Crippen molar-refractivity contribution in [3.63, 3.8) is 0 Å². The second-order valence-corrected chi connectivity index (χ2v) is 3.62. The number of furan rings is 1. The summed E-state index contributed by atoms with van der Waals surface area (Å²) in [6.07, 6.45) is 3.12. The fourth-order valence-corrected chi connectivity index (χ4v) is 1.61. The van der Waals surface area contributed by atoms with Crippen LogP contribution in [0.3, 0.4) is 0 Å². The minimum atomic E-state index is -0.432. The largest absolute Gasteiger partial charge is 0.472 e. The first-order chi connectivity index (χ1) is 7.16. The van der Waals surface area contributed by atoms with Crippen molar-refractivity contribution in [3.8, 4) is 0 Å². The van der Waals surface area contributed by atoms with E-state index in [9.17, 15) is 9.59 Å². The Hall–Kier alpha value is -1.78. The minimum Gasteiger partial charge on any atom is -0.472 e. The summed E-state index contributed by atoms with van der Waals surface area (Å²) in [5, 5.41) is 2.59. The molecule has 2 rings (SSSR count). The molecule has 2 heterocycles. The molecule has 1 aromatic rings. The van der Waals surface area contributed by atoms with Crippen LogP contribution in [0.5, 0.6) is 0 Å². The molecule has 80 valence electrons. The summed E-state index contributed by atoms with van der Waals surface area (Å²) in [5.41, 5.74) is 0.894. The lowest BCUT2D eigenvalue weighted by molar-refractivity contribution is -0.144. The SMILES string of the molecule is CC1NC(=O)CN(Cc2ccoc2)C1=O. The van der Waals surface area contributed by atoms with Crippen LogP contribution in [-0.4, -0.2) is 29.3 Å². The Balaban J connectivity index is 2.07. The summed E-state index contributed by atoms with van der Waals surface area (Å²) in [5.74, 6) is -0.179. The lowest BCUT2D eigenvalue weighted by Gasteiger charge is -2.30. The van der Waals surface area contributed by atoms with Gasteiger partial charge in [-0.1, -0.05) is 0 Å². The van der Waals surface area contributed by atoms with Gasteiger partial charge in [0.15, 0.2) is 0 Å². The van der Waals surface area contributed by atoms with Gasteiger partial charge in [0.05, 0.1) is 19.1 Å². The molecule has 0 aliphatic carbocycles. The Morgan fingerprint density at radius 2 is 2.40 bits per heavy atom. The van der Waals surface area contributed by atoms with Crippen LogP contribution in [0.25, 0.3) is 0 Å². The smallest absolute Gasteiger partial charge is 0.245 e. The van der Waals surface area contributed by atoms with Crippen LogP contribution in [0, 0.1) is 0 Å². The molecule has 0 bridgehead atoms. The molecule has 2 amide bonds. The van der Waals surface area contributed by atoms with Gasteiger partial charge in [-0.15, -0.1) is 0 Å². The highest BCUT2D eigenvalue weighted by atomic mass is 16.3. The third-order valence-corrected chi connectivity index (χ3v) is 2.35. The van der Waals surface area contributed by atoms with Gasteiger partial charge < -0.3 is 14.6 Å². The highest BCUT2D eigenvalue weighted by Gasteiger charge is 2.29. The molecule has 1 aliphatic rings. The average molecular weight is 208 g/mol. The number of carbonyl (C=O) groups excluding carboxylic acids is 2. The van der Waals surface area contributed by atoms with Gasteiger partial charge in [0.25, 0.3) is 0 Å². The van der Waals surface area contributed by atoms with Crippen molar-refractivity contribution >= 4 is 11.8 Å². The van der Waals surface area contributed by atoms with Crippen LogP contribution in [0.4, 0.5) is 0 Å². The lowest BCUT2D eigenvalue weighted by atomic mass is 10.2. The van der Waals surface area contributed by atoms with Crippen LogP contribution >= 0.6 is 0 Å². The maximum atomic E-state index is 11.7. The van der Waals surface area contributed by atoms with Gasteiger partial charge in [0.1, 0.15) is 6.04 Å². The number of carbonyl (C=O) groups is 2. The van der Waals surface area contributed by atoms with Crippen molar-refractivity contribution in [3.05, 3.63) is 24.2 Å². The summed E-state index contributed by atoms with van der Waals surface area (Å²) in [6, 6.07) is 1.35. The first-order valence-corrected chi connectivity index (χ1v) is 4.76. The van der Waals surface area contributed by atoms with E-state index in [2.05, 4.69) is 5.32 Å². The van der Waals surface area contributed by atoms with Gasteiger partial charge >= 0.3 is 0 Å². The molecule has 5 nitrogen and oxygen atoms in total. The van der Waals surface area contributed by atoms with Crippen LogP contribution < -0.4 is 5.32 Å². The Labute approximate surface area is 87.0 Å². The summed E-state index contributed by atoms with van der Waals surface area (Å²) >= 11 is 0. The number of nitrogens with zero attached hydrogens (tertiary/aromatic N) is 1. The monoisotopic (exact) mass is 208 g/mol. The molecule has 1 fully saturated rings. The number of piperazine rings is 1. The normalized spacial score (nSPS) is 21.7. The number of hydrogen-bond donors (Lipinski definition) is 1. The Kier molecular flexibility index (Phi) is 2.45. The molecule has 0 saturated carbocycles. The summed E-state index contributed by atoms with van der Waals surface area (Å²) in [6.45, 7) is 2.23. The predicted octanol–water partition coefficient (Wildman–Crippen LogP) is 0.126. The zero-order chi connectivity index (χ0) is 10.8. The van der Waals surface area contributed by atoms with Crippen LogP contribution in [0.2, 0.25) is 0 Å². The molecule has 15 heavy (non-hydrogen) atoms. The number of rotatable bonds is 2. The van der Waals surface area contributed by atoms with Crippen molar-refractivity contribution in [1.82, 2.24) is 10.2 Å². The van der Waals surface area contributed by atoms with Gasteiger partial charge in [-0.3, -0.25) is 9.59 Å². The molecule has 1 saturated heterocycles. The van der Waals surface area contributed by atoms with Crippen molar-refractivity contribution in [2.24, 2.45) is 0 Å². The second-order valence-electron chi connectivity index (χ2n) is 3.62. The third-order valence-electron chi connectivity index (χ3n) is 2.35. The molecule has 0 spiro atoms. The molecule has 1 unspecified atom stereocenters. The zero-order valence-corrected chi connectivity index (χ0v) is 8.40. The maximum Gasteiger partial charge on any atom is 0.245 e. The van der Waals surface area contributed by atoms with E-state index in [4.69, 9.17) is 4.42 Å². The van der Waals surface area contributed by atoms with Crippen LogP contribution in [0.1, 0.15) is 12.5 Å². The quantitative estimate of drug-likeness (QED) is 0.751. The maximum absolute atomic E-state index is 11.7. The standard InChI is InChI=1S/C10H12N2O3/c1-7-10(14)12(5-9(13)11-7)4-8-2-3-15-6-8/h2-3,6-7H,4-5H2,1H3,(H,11,13). The molecule has 1 N–H and O–H groups in total. The minimum absolute atomic E-state index is 0.0594. The van der Waals surface area contributed by atoms with Gasteiger partial charge in [0, 0.05) is 12.1 Å². The summed E-state index contributed by atoms with van der Waals surface area (Å²) < 4.78 is 4.91. The first-order valence-electron chi connectivity index (χ1n) is 4.76. The fraction of sp³-hybridized carbons (Fsp3) is 0.400. The summed E-state index contributed by atoms with van der Waals surface area (Å²) in [4.78, 5) is 24.4. The van der Waals surface area contributed by atoms with E-state index in [1.807, 2.05) is 0 Å². The topological polar surface area (TPSA) is 62.6 Å². The van der Waals surface area contributed by atoms with Crippen molar-refractivity contribution in [1.29, 1.82) is 0 Å². The first kappa shape index (κ1) is 9.76. The lowest BCUT2D eigenvalue weighted by Crippen LogP contribution is -2.56. The van der Waals surface area contributed by atoms with Gasteiger partial charge in [0.2, 0.25) is 11.8 Å². The van der Waals surface area contributed by atoms with E-state index < -0.39 is 6.04 Å². The van der Waals surface area contributed by atoms with E-state index in [-0.39, 0.29) is 18.4 Å². The van der Waals surface area contributed by atoms with Crippen molar-refractivity contribution in [2.75, 3.05) is 6.54 Å². The molecular weight excluding hydrogens is 196 g/mol. The Morgan fingerprint density at radius 1 is 1.60 bits per heavy atom. The molecule has 0 radical (unpaired) electrons. The van der Waals surface area contributed by atoms with Crippen molar-refractivity contribution < 1.29 is 14.0 Å². The number of nitrogens with one attached hydrogen (secondary N) is 1. The van der Waals surface area contributed by atoms with Gasteiger partial charge in [-0.05, 0) is 13.0 Å². The predicted molar refractivity (Wildman–Crippen MR) is 51.7 cm³/mol.